The number of benzene rings is 2. The number of furan rings is 1. The second-order valence-corrected chi connectivity index (χ2v) is 5.09. The third-order valence-electron chi connectivity index (χ3n) is 3.51. The molecule has 1 atom stereocenters. The van der Waals surface area contributed by atoms with Crippen molar-refractivity contribution in [3.05, 3.63) is 48.0 Å². The zero-order chi connectivity index (χ0) is 12.7. The van der Waals surface area contributed by atoms with Gasteiger partial charge in [0.25, 0.3) is 0 Å². The fraction of sp³-hybridized carbons (Fsp3) is 0.250. The van der Waals surface area contributed by atoms with Crippen LogP contribution in [0.5, 0.6) is 0 Å². The van der Waals surface area contributed by atoms with Gasteiger partial charge in [-0.25, -0.2) is 0 Å². The van der Waals surface area contributed by atoms with E-state index < -0.39 is 0 Å². The summed E-state index contributed by atoms with van der Waals surface area (Å²) < 4.78 is 5.97. The summed E-state index contributed by atoms with van der Waals surface area (Å²) in [6, 6.07) is 14.3. The van der Waals surface area contributed by atoms with Crippen LogP contribution in [-0.4, -0.2) is 0 Å². The maximum absolute atomic E-state index is 6.27. The predicted octanol–water partition coefficient (Wildman–Crippen LogP) is 4.24. The Morgan fingerprint density at radius 2 is 1.67 bits per heavy atom. The van der Waals surface area contributed by atoms with Crippen LogP contribution >= 0.6 is 0 Å². The summed E-state index contributed by atoms with van der Waals surface area (Å²) in [6.07, 6.45) is 0. The van der Waals surface area contributed by atoms with Crippen molar-refractivity contribution < 1.29 is 4.42 Å². The first kappa shape index (κ1) is 11.3. The molecule has 0 saturated heterocycles. The van der Waals surface area contributed by atoms with Crippen molar-refractivity contribution in [3.8, 4) is 0 Å². The molecular weight excluding hydrogens is 222 g/mol. The zero-order valence-corrected chi connectivity index (χ0v) is 10.7. The molecule has 2 nitrogen and oxygen atoms in total. The fourth-order valence-electron chi connectivity index (χ4n) is 2.39. The molecule has 0 aliphatic carbocycles. The highest BCUT2D eigenvalue weighted by Crippen LogP contribution is 2.34. The van der Waals surface area contributed by atoms with E-state index in [0.717, 1.165) is 27.5 Å². The number of para-hydroxylation sites is 2. The van der Waals surface area contributed by atoms with Crippen molar-refractivity contribution in [3.63, 3.8) is 0 Å². The minimum Gasteiger partial charge on any atom is -0.456 e. The molecule has 0 aliphatic heterocycles. The molecular formula is C16H17NO. The minimum atomic E-state index is 0.00858. The minimum absolute atomic E-state index is 0.00858. The number of nitrogens with two attached hydrogens (primary N) is 1. The van der Waals surface area contributed by atoms with Crippen LogP contribution in [0.3, 0.4) is 0 Å². The topological polar surface area (TPSA) is 39.2 Å². The quantitative estimate of drug-likeness (QED) is 0.726. The van der Waals surface area contributed by atoms with Crippen LogP contribution in [0.25, 0.3) is 21.9 Å². The number of rotatable bonds is 2. The first-order chi connectivity index (χ1) is 8.68. The standard InChI is InChI=1S/C16H17NO/c1-10(2)15(17)13-8-5-7-12-11-6-3-4-9-14(11)18-16(12)13/h3-10,15H,17H2,1-2H3/t15-/m0/s1. The molecule has 18 heavy (non-hydrogen) atoms. The zero-order valence-electron chi connectivity index (χ0n) is 10.7. The first-order valence-corrected chi connectivity index (χ1v) is 6.34. The van der Waals surface area contributed by atoms with Crippen molar-refractivity contribution in [2.45, 2.75) is 19.9 Å². The van der Waals surface area contributed by atoms with Gasteiger partial charge in [-0.05, 0) is 12.0 Å². The number of fused-ring (bicyclic) bond motifs is 3. The van der Waals surface area contributed by atoms with Gasteiger partial charge in [0.15, 0.2) is 0 Å². The lowest BCUT2D eigenvalue weighted by Gasteiger charge is -2.15. The molecule has 0 unspecified atom stereocenters. The lowest BCUT2D eigenvalue weighted by molar-refractivity contribution is 0.509. The van der Waals surface area contributed by atoms with Gasteiger partial charge in [-0.15, -0.1) is 0 Å². The van der Waals surface area contributed by atoms with Crippen LogP contribution in [0.15, 0.2) is 46.9 Å². The SMILES string of the molecule is CC(C)[C@H](N)c1cccc2c1oc1ccccc12. The average molecular weight is 239 g/mol. The van der Waals surface area contributed by atoms with Gasteiger partial charge < -0.3 is 10.2 Å². The van der Waals surface area contributed by atoms with Crippen LogP contribution in [0, 0.1) is 5.92 Å². The molecule has 2 aromatic carbocycles. The van der Waals surface area contributed by atoms with Crippen molar-refractivity contribution in [2.75, 3.05) is 0 Å². The largest absolute Gasteiger partial charge is 0.456 e. The monoisotopic (exact) mass is 239 g/mol. The molecule has 0 bridgehead atoms. The third kappa shape index (κ3) is 1.61. The molecule has 3 aromatic rings. The van der Waals surface area contributed by atoms with Crippen LogP contribution < -0.4 is 5.73 Å². The predicted molar refractivity (Wildman–Crippen MR) is 75.5 cm³/mol. The molecule has 0 fully saturated rings. The van der Waals surface area contributed by atoms with E-state index in [1.165, 1.54) is 0 Å². The normalized spacial score (nSPS) is 13.6. The van der Waals surface area contributed by atoms with Crippen molar-refractivity contribution in [1.29, 1.82) is 0 Å². The molecule has 3 rings (SSSR count). The Kier molecular flexibility index (Phi) is 2.60. The highest BCUT2D eigenvalue weighted by molar-refractivity contribution is 6.05. The lowest BCUT2D eigenvalue weighted by Crippen LogP contribution is -2.16. The second-order valence-electron chi connectivity index (χ2n) is 5.09. The van der Waals surface area contributed by atoms with Gasteiger partial charge in [0.05, 0.1) is 0 Å². The lowest BCUT2D eigenvalue weighted by atomic mass is 9.95. The molecule has 2 heteroatoms. The van der Waals surface area contributed by atoms with E-state index in [2.05, 4.69) is 38.1 Å². The van der Waals surface area contributed by atoms with E-state index in [-0.39, 0.29) is 6.04 Å². The third-order valence-corrected chi connectivity index (χ3v) is 3.51. The van der Waals surface area contributed by atoms with E-state index in [0.29, 0.717) is 5.92 Å². The van der Waals surface area contributed by atoms with Crippen LogP contribution in [0.1, 0.15) is 25.5 Å². The van der Waals surface area contributed by atoms with Gasteiger partial charge >= 0.3 is 0 Å². The summed E-state index contributed by atoms with van der Waals surface area (Å²) in [5.41, 5.74) is 9.22. The van der Waals surface area contributed by atoms with Gasteiger partial charge in [0.1, 0.15) is 11.2 Å². The fourth-order valence-corrected chi connectivity index (χ4v) is 2.39. The molecule has 92 valence electrons. The Morgan fingerprint density at radius 3 is 2.44 bits per heavy atom. The van der Waals surface area contributed by atoms with Crippen LogP contribution in [0.4, 0.5) is 0 Å². The van der Waals surface area contributed by atoms with Crippen molar-refractivity contribution in [2.24, 2.45) is 11.7 Å². The van der Waals surface area contributed by atoms with Gasteiger partial charge in [0.2, 0.25) is 0 Å². The van der Waals surface area contributed by atoms with Crippen LogP contribution in [0.2, 0.25) is 0 Å². The highest BCUT2D eigenvalue weighted by Gasteiger charge is 2.17. The summed E-state index contributed by atoms with van der Waals surface area (Å²) in [4.78, 5) is 0. The van der Waals surface area contributed by atoms with Gasteiger partial charge in [-0.1, -0.05) is 50.2 Å². The maximum atomic E-state index is 6.27. The molecule has 0 spiro atoms. The highest BCUT2D eigenvalue weighted by atomic mass is 16.3. The van der Waals surface area contributed by atoms with E-state index >= 15 is 0 Å². The van der Waals surface area contributed by atoms with Crippen molar-refractivity contribution in [1.82, 2.24) is 0 Å². The summed E-state index contributed by atoms with van der Waals surface area (Å²) in [5.74, 6) is 0.392. The molecule has 0 radical (unpaired) electrons. The van der Waals surface area contributed by atoms with Crippen molar-refractivity contribution >= 4 is 21.9 Å². The van der Waals surface area contributed by atoms with Gasteiger partial charge in [-0.2, -0.15) is 0 Å². The maximum Gasteiger partial charge on any atom is 0.140 e. The van der Waals surface area contributed by atoms with E-state index in [9.17, 15) is 0 Å². The average Bonchev–Trinajstić information content (AvgIpc) is 2.76. The molecule has 2 N–H and O–H groups in total. The summed E-state index contributed by atoms with van der Waals surface area (Å²) in [5, 5.41) is 2.31. The second kappa shape index (κ2) is 4.14. The van der Waals surface area contributed by atoms with E-state index in [1.54, 1.807) is 0 Å². The Bertz CT molecular complexity index is 696. The van der Waals surface area contributed by atoms with Crippen LogP contribution in [-0.2, 0) is 0 Å². The number of hydrogen-bond donors (Lipinski definition) is 1. The number of hydrogen-bond acceptors (Lipinski definition) is 2. The Hall–Kier alpha value is -1.80. The molecule has 0 amide bonds. The summed E-state index contributed by atoms with van der Waals surface area (Å²) in [6.45, 7) is 4.26. The van der Waals surface area contributed by atoms with E-state index in [4.69, 9.17) is 10.2 Å². The summed E-state index contributed by atoms with van der Waals surface area (Å²) in [7, 11) is 0. The molecule has 0 saturated carbocycles. The smallest absolute Gasteiger partial charge is 0.140 e. The van der Waals surface area contributed by atoms with Gasteiger partial charge in [-0.3, -0.25) is 0 Å². The molecule has 0 aliphatic rings. The Labute approximate surface area is 106 Å². The molecule has 1 heterocycles. The van der Waals surface area contributed by atoms with Gasteiger partial charge in [0, 0.05) is 22.4 Å². The molecule has 1 aromatic heterocycles. The summed E-state index contributed by atoms with van der Waals surface area (Å²) >= 11 is 0. The Morgan fingerprint density at radius 1 is 0.944 bits per heavy atom. The first-order valence-electron chi connectivity index (χ1n) is 6.34. The Balaban J connectivity index is 2.34. The van der Waals surface area contributed by atoms with E-state index in [1.807, 2.05) is 18.2 Å².